The fraction of sp³-hybridized carbons (Fsp3) is 0.143. The van der Waals surface area contributed by atoms with Gasteiger partial charge in [0, 0.05) is 22.7 Å². The number of rotatable bonds is 5. The van der Waals surface area contributed by atoms with Gasteiger partial charge in [0.25, 0.3) is 0 Å². The lowest BCUT2D eigenvalue weighted by atomic mass is 9.96. The highest BCUT2D eigenvalue weighted by molar-refractivity contribution is 5.92. The minimum atomic E-state index is 0.925. The standard InChI is InChI=1S/C21H21N/c1-15-8-12-18(13-9-15)16(2)10-11-17(3)20-14-22-21-7-5-4-6-19(20)21/h4-9,12-14,22H,2-3,10-11H2,1H3. The zero-order valence-electron chi connectivity index (χ0n) is 13.0. The Morgan fingerprint density at radius 1 is 0.909 bits per heavy atom. The first-order chi connectivity index (χ1) is 10.6. The number of fused-ring (bicyclic) bond motifs is 1. The fourth-order valence-corrected chi connectivity index (χ4v) is 2.73. The maximum atomic E-state index is 4.27. The number of hydrogen-bond acceptors (Lipinski definition) is 0. The molecule has 3 rings (SSSR count). The van der Waals surface area contributed by atoms with Gasteiger partial charge in [-0.25, -0.2) is 0 Å². The third kappa shape index (κ3) is 2.89. The third-order valence-electron chi connectivity index (χ3n) is 4.16. The van der Waals surface area contributed by atoms with Crippen molar-refractivity contribution >= 4 is 22.0 Å². The summed E-state index contributed by atoms with van der Waals surface area (Å²) in [6, 6.07) is 16.9. The van der Waals surface area contributed by atoms with Crippen molar-refractivity contribution in [3.63, 3.8) is 0 Å². The summed E-state index contributed by atoms with van der Waals surface area (Å²) in [5, 5.41) is 1.24. The van der Waals surface area contributed by atoms with E-state index in [2.05, 4.69) is 73.7 Å². The number of nitrogens with one attached hydrogen (secondary N) is 1. The summed E-state index contributed by atoms with van der Waals surface area (Å²) in [5.74, 6) is 0. The smallest absolute Gasteiger partial charge is 0.0460 e. The molecule has 0 unspecified atom stereocenters. The van der Waals surface area contributed by atoms with E-state index in [1.165, 1.54) is 27.6 Å². The molecule has 1 heteroatoms. The highest BCUT2D eigenvalue weighted by Gasteiger charge is 2.07. The molecule has 0 aliphatic rings. The topological polar surface area (TPSA) is 15.8 Å². The quantitative estimate of drug-likeness (QED) is 0.594. The molecule has 0 saturated heterocycles. The van der Waals surface area contributed by atoms with Crippen LogP contribution in [0.2, 0.25) is 0 Å². The lowest BCUT2D eigenvalue weighted by Crippen LogP contribution is -1.87. The Hall–Kier alpha value is -2.54. The van der Waals surface area contributed by atoms with Crippen LogP contribution >= 0.6 is 0 Å². The molecule has 2 aromatic carbocycles. The number of allylic oxidation sites excluding steroid dienone is 2. The average Bonchev–Trinajstić information content (AvgIpc) is 2.97. The number of aryl methyl sites for hydroxylation is 1. The van der Waals surface area contributed by atoms with E-state index in [9.17, 15) is 0 Å². The molecule has 0 atom stereocenters. The summed E-state index contributed by atoms with van der Waals surface area (Å²) in [6.07, 6.45) is 3.91. The first-order valence-corrected chi connectivity index (χ1v) is 7.64. The monoisotopic (exact) mass is 287 g/mol. The van der Waals surface area contributed by atoms with Gasteiger partial charge in [0.2, 0.25) is 0 Å². The van der Waals surface area contributed by atoms with Crippen LogP contribution < -0.4 is 0 Å². The van der Waals surface area contributed by atoms with Crippen LogP contribution in [0.1, 0.15) is 29.5 Å². The highest BCUT2D eigenvalue weighted by atomic mass is 14.7. The molecule has 110 valence electrons. The number of para-hydroxylation sites is 1. The van der Waals surface area contributed by atoms with Crippen molar-refractivity contribution in [1.29, 1.82) is 0 Å². The van der Waals surface area contributed by atoms with Gasteiger partial charge in [-0.15, -0.1) is 0 Å². The van der Waals surface area contributed by atoms with Crippen molar-refractivity contribution in [2.24, 2.45) is 0 Å². The molecule has 1 heterocycles. The number of aromatic amines is 1. The highest BCUT2D eigenvalue weighted by Crippen LogP contribution is 2.29. The molecular formula is C21H21N. The van der Waals surface area contributed by atoms with E-state index in [-0.39, 0.29) is 0 Å². The van der Waals surface area contributed by atoms with E-state index in [0.717, 1.165) is 23.9 Å². The molecule has 0 saturated carbocycles. The van der Waals surface area contributed by atoms with Gasteiger partial charge in [-0.05, 0) is 42.5 Å². The van der Waals surface area contributed by atoms with Gasteiger partial charge in [-0.3, -0.25) is 0 Å². The first kappa shape index (κ1) is 14.4. The zero-order chi connectivity index (χ0) is 15.5. The number of hydrogen-bond donors (Lipinski definition) is 1. The summed E-state index contributed by atoms with van der Waals surface area (Å²) in [4.78, 5) is 3.31. The first-order valence-electron chi connectivity index (χ1n) is 7.64. The summed E-state index contributed by atoms with van der Waals surface area (Å²) in [6.45, 7) is 10.6. The molecule has 1 N–H and O–H groups in total. The van der Waals surface area contributed by atoms with Crippen LogP contribution in [0.3, 0.4) is 0 Å². The van der Waals surface area contributed by atoms with Crippen LogP contribution in [0.15, 0.2) is 67.9 Å². The Kier molecular flexibility index (Phi) is 3.97. The molecular weight excluding hydrogens is 266 g/mol. The molecule has 0 bridgehead atoms. The van der Waals surface area contributed by atoms with Crippen molar-refractivity contribution in [3.05, 3.63) is 84.6 Å². The second-order valence-electron chi connectivity index (χ2n) is 5.82. The number of H-pyrrole nitrogens is 1. The van der Waals surface area contributed by atoms with Gasteiger partial charge >= 0.3 is 0 Å². The third-order valence-corrected chi connectivity index (χ3v) is 4.16. The largest absolute Gasteiger partial charge is 0.361 e. The van der Waals surface area contributed by atoms with E-state index in [4.69, 9.17) is 0 Å². The van der Waals surface area contributed by atoms with E-state index >= 15 is 0 Å². The Labute approximate surface area is 132 Å². The molecule has 0 amide bonds. The van der Waals surface area contributed by atoms with Crippen molar-refractivity contribution in [1.82, 2.24) is 4.98 Å². The van der Waals surface area contributed by atoms with Crippen LogP contribution in [-0.4, -0.2) is 4.98 Å². The lowest BCUT2D eigenvalue weighted by Gasteiger charge is -2.08. The van der Waals surface area contributed by atoms with E-state index in [0.29, 0.717) is 0 Å². The molecule has 0 radical (unpaired) electrons. The second kappa shape index (κ2) is 6.07. The predicted octanol–water partition coefficient (Wildman–Crippen LogP) is 5.98. The Bertz CT molecular complexity index is 818. The van der Waals surface area contributed by atoms with E-state index in [1.807, 2.05) is 6.07 Å². The minimum Gasteiger partial charge on any atom is -0.361 e. The Morgan fingerprint density at radius 3 is 2.36 bits per heavy atom. The van der Waals surface area contributed by atoms with E-state index in [1.54, 1.807) is 0 Å². The van der Waals surface area contributed by atoms with Gasteiger partial charge in [-0.2, -0.15) is 0 Å². The molecule has 0 fully saturated rings. The summed E-state index contributed by atoms with van der Waals surface area (Å²) < 4.78 is 0. The maximum absolute atomic E-state index is 4.27. The van der Waals surface area contributed by atoms with Crippen LogP contribution in [-0.2, 0) is 0 Å². The second-order valence-corrected chi connectivity index (χ2v) is 5.82. The van der Waals surface area contributed by atoms with Crippen molar-refractivity contribution in [3.8, 4) is 0 Å². The number of benzene rings is 2. The molecule has 0 spiro atoms. The average molecular weight is 287 g/mol. The van der Waals surface area contributed by atoms with Crippen molar-refractivity contribution < 1.29 is 0 Å². The van der Waals surface area contributed by atoms with Crippen molar-refractivity contribution in [2.75, 3.05) is 0 Å². The van der Waals surface area contributed by atoms with Crippen LogP contribution in [0.5, 0.6) is 0 Å². The zero-order valence-corrected chi connectivity index (χ0v) is 13.0. The molecule has 1 nitrogen and oxygen atoms in total. The van der Waals surface area contributed by atoms with Crippen LogP contribution in [0.25, 0.3) is 22.0 Å². The van der Waals surface area contributed by atoms with E-state index < -0.39 is 0 Å². The van der Waals surface area contributed by atoms with Crippen LogP contribution in [0.4, 0.5) is 0 Å². The van der Waals surface area contributed by atoms with Gasteiger partial charge in [-0.1, -0.05) is 61.2 Å². The maximum Gasteiger partial charge on any atom is 0.0460 e. The Morgan fingerprint density at radius 2 is 1.59 bits per heavy atom. The number of aromatic nitrogens is 1. The van der Waals surface area contributed by atoms with Crippen LogP contribution in [0, 0.1) is 6.92 Å². The fourth-order valence-electron chi connectivity index (χ4n) is 2.73. The predicted molar refractivity (Wildman–Crippen MR) is 96.8 cm³/mol. The molecule has 0 aliphatic carbocycles. The Balaban J connectivity index is 1.70. The van der Waals surface area contributed by atoms with Gasteiger partial charge in [0.15, 0.2) is 0 Å². The molecule has 1 aromatic heterocycles. The summed E-state index contributed by atoms with van der Waals surface area (Å²) in [5.41, 5.74) is 7.20. The molecule has 22 heavy (non-hydrogen) atoms. The van der Waals surface area contributed by atoms with Gasteiger partial charge in [0.05, 0.1) is 0 Å². The summed E-state index contributed by atoms with van der Waals surface area (Å²) >= 11 is 0. The normalized spacial score (nSPS) is 10.8. The van der Waals surface area contributed by atoms with Gasteiger partial charge < -0.3 is 4.98 Å². The summed E-state index contributed by atoms with van der Waals surface area (Å²) in [7, 11) is 0. The SMILES string of the molecule is C=C(CCC(=C)c1c[nH]c2ccccc12)c1ccc(C)cc1. The minimum absolute atomic E-state index is 0.925. The molecule has 3 aromatic rings. The molecule has 0 aliphatic heterocycles. The van der Waals surface area contributed by atoms with Gasteiger partial charge in [0.1, 0.15) is 0 Å². The van der Waals surface area contributed by atoms with Crippen molar-refractivity contribution in [2.45, 2.75) is 19.8 Å². The lowest BCUT2D eigenvalue weighted by molar-refractivity contribution is 1.09.